The van der Waals surface area contributed by atoms with Crippen molar-refractivity contribution in [2.45, 2.75) is 71.6 Å². The molecule has 0 saturated heterocycles. The summed E-state index contributed by atoms with van der Waals surface area (Å²) in [4.78, 5) is 2.67. The van der Waals surface area contributed by atoms with E-state index in [1.165, 1.54) is 94.0 Å². The van der Waals surface area contributed by atoms with Crippen LogP contribution in [0.3, 0.4) is 0 Å². The van der Waals surface area contributed by atoms with E-state index in [4.69, 9.17) is 8.83 Å². The molecule has 5 heteroatoms. The summed E-state index contributed by atoms with van der Waals surface area (Å²) in [6, 6.07) is 52.6. The smallest absolute Gasteiger partial charge is 0.333 e. The van der Waals surface area contributed by atoms with Gasteiger partial charge in [0, 0.05) is 55.0 Å². The molecule has 0 bridgehead atoms. The van der Waals surface area contributed by atoms with Crippen LogP contribution in [-0.2, 0) is 16.2 Å². The third-order valence-corrected chi connectivity index (χ3v) is 15.3. The molecule has 64 heavy (non-hydrogen) atoms. The highest BCUT2D eigenvalue weighted by atomic mass is 16.3. The van der Waals surface area contributed by atoms with Gasteiger partial charge >= 0.3 is 6.85 Å². The Kier molecular flexibility index (Phi) is 6.72. The molecule has 3 aliphatic rings. The van der Waals surface area contributed by atoms with Gasteiger partial charge in [0.2, 0.25) is 0 Å². The molecule has 4 nitrogen and oxygen atoms in total. The lowest BCUT2D eigenvalue weighted by Gasteiger charge is -2.42. The molecule has 14 rings (SSSR count). The minimum absolute atomic E-state index is 0.0122. The van der Waals surface area contributed by atoms with E-state index in [-0.39, 0.29) is 23.1 Å². The van der Waals surface area contributed by atoms with Gasteiger partial charge in [0.05, 0.1) is 16.4 Å². The van der Waals surface area contributed by atoms with E-state index in [1.54, 1.807) is 0 Å². The number of hydrogen-bond donors (Lipinski definition) is 0. The lowest BCUT2D eigenvalue weighted by Crippen LogP contribution is -2.60. The molecular weight excluding hydrogens is 779 g/mol. The zero-order valence-electron chi connectivity index (χ0n) is 37.6. The minimum Gasteiger partial charge on any atom is -0.456 e. The topological polar surface area (TPSA) is 34.5 Å². The second-order valence-electron chi connectivity index (χ2n) is 21.3. The standard InChI is InChI=1S/C59H47BN2O2/c1-57(2,3)32-21-24-34(25-22-32)62-46-29-38-35-15-9-12-18-42(35)59(7,8)43(38)28-41(46)51-52-37-17-11-14-20-49(37)64-56(52)53-40-27-33(58(4,5)6)23-26-45(40)61-47-30-39-36-16-10-13-19-48(36)63-50(39)31-44(47)60(62)54(51)55(53)61/h9-31H,1-8H3. The highest BCUT2D eigenvalue weighted by Crippen LogP contribution is 2.57. The van der Waals surface area contributed by atoms with Crippen LogP contribution in [0.2, 0.25) is 0 Å². The van der Waals surface area contributed by atoms with E-state index >= 15 is 0 Å². The molecule has 5 heterocycles. The van der Waals surface area contributed by atoms with Crippen LogP contribution < -0.4 is 15.7 Å². The molecule has 0 unspecified atom stereocenters. The molecule has 0 atom stereocenters. The van der Waals surface area contributed by atoms with Gasteiger partial charge in [-0.15, -0.1) is 0 Å². The number of rotatable bonds is 1. The van der Waals surface area contributed by atoms with E-state index < -0.39 is 0 Å². The summed E-state index contributed by atoms with van der Waals surface area (Å²) in [6.07, 6.45) is 0. The zero-order valence-corrected chi connectivity index (χ0v) is 37.6. The average molecular weight is 827 g/mol. The first-order chi connectivity index (χ1) is 30.8. The van der Waals surface area contributed by atoms with Crippen LogP contribution in [0.15, 0.2) is 148 Å². The fourth-order valence-electron chi connectivity index (χ4n) is 12.1. The predicted octanol–water partition coefficient (Wildman–Crippen LogP) is 14.7. The molecule has 8 aromatic carbocycles. The average Bonchev–Trinajstić information content (AvgIpc) is 4.01. The van der Waals surface area contributed by atoms with Crippen molar-refractivity contribution in [3.8, 4) is 27.9 Å². The van der Waals surface area contributed by atoms with Crippen molar-refractivity contribution in [3.05, 3.63) is 162 Å². The van der Waals surface area contributed by atoms with Gasteiger partial charge < -0.3 is 18.2 Å². The number of aromatic nitrogens is 1. The van der Waals surface area contributed by atoms with Crippen molar-refractivity contribution >= 4 is 94.8 Å². The Morgan fingerprint density at radius 1 is 0.516 bits per heavy atom. The number of fused-ring (bicyclic) bond motifs is 19. The highest BCUT2D eigenvalue weighted by Gasteiger charge is 2.48. The monoisotopic (exact) mass is 826 g/mol. The minimum atomic E-state index is -0.197. The Bertz CT molecular complexity index is 3900. The van der Waals surface area contributed by atoms with Crippen molar-refractivity contribution in [3.63, 3.8) is 0 Å². The van der Waals surface area contributed by atoms with Crippen molar-refractivity contribution < 1.29 is 8.83 Å². The quantitative estimate of drug-likeness (QED) is 0.155. The van der Waals surface area contributed by atoms with Gasteiger partial charge in [-0.3, -0.25) is 0 Å². The van der Waals surface area contributed by atoms with Crippen LogP contribution in [0.4, 0.5) is 11.4 Å². The molecule has 0 radical (unpaired) electrons. The lowest BCUT2D eigenvalue weighted by molar-refractivity contribution is 0.590. The maximum Gasteiger partial charge on any atom is 0.333 e. The van der Waals surface area contributed by atoms with Crippen LogP contribution in [0, 0.1) is 0 Å². The summed E-state index contributed by atoms with van der Waals surface area (Å²) in [5, 5.41) is 6.98. The Hall–Kier alpha value is -6.98. The Balaban J connectivity index is 1.23. The van der Waals surface area contributed by atoms with Crippen LogP contribution in [0.1, 0.15) is 77.6 Å². The number of furan rings is 2. The molecule has 0 saturated carbocycles. The van der Waals surface area contributed by atoms with Crippen molar-refractivity contribution in [2.24, 2.45) is 0 Å². The summed E-state index contributed by atoms with van der Waals surface area (Å²) in [6.45, 7) is 18.4. The van der Waals surface area contributed by atoms with E-state index in [9.17, 15) is 0 Å². The van der Waals surface area contributed by atoms with Crippen LogP contribution in [0.25, 0.3) is 93.6 Å². The second kappa shape index (κ2) is 11.8. The van der Waals surface area contributed by atoms with Gasteiger partial charge in [0.1, 0.15) is 22.3 Å². The second-order valence-corrected chi connectivity index (χ2v) is 21.3. The maximum absolute atomic E-state index is 7.26. The number of para-hydroxylation sites is 2. The summed E-state index contributed by atoms with van der Waals surface area (Å²) in [7, 11) is 0. The number of nitrogens with zero attached hydrogens (tertiary/aromatic N) is 2. The summed E-state index contributed by atoms with van der Waals surface area (Å²) < 4.78 is 16.6. The molecule has 0 amide bonds. The normalized spacial score (nSPS) is 14.9. The Morgan fingerprint density at radius 3 is 1.97 bits per heavy atom. The number of anilines is 2. The fraction of sp³-hybridized carbons (Fsp3) is 0.186. The molecule has 0 spiro atoms. The Morgan fingerprint density at radius 2 is 1.20 bits per heavy atom. The first-order valence-electron chi connectivity index (χ1n) is 22.9. The molecule has 1 aliphatic carbocycles. The van der Waals surface area contributed by atoms with Crippen LogP contribution in [-0.4, -0.2) is 11.4 Å². The molecule has 0 N–H and O–H groups in total. The number of hydrogen-bond acceptors (Lipinski definition) is 3. The van der Waals surface area contributed by atoms with Crippen LogP contribution in [0.5, 0.6) is 0 Å². The van der Waals surface area contributed by atoms with E-state index in [2.05, 4.69) is 204 Å². The molecule has 11 aromatic rings. The molecule has 3 aromatic heterocycles. The molecule has 0 fully saturated rings. The van der Waals surface area contributed by atoms with Crippen LogP contribution >= 0.6 is 0 Å². The maximum atomic E-state index is 7.26. The SMILES string of the molecule is CC(C)(C)c1ccc(N2B3c4cc5oc6ccccc6c5cc4-n4c5ccc(C(C)(C)C)cc5c5c6oc7ccccc7c6c(c3c54)-c3cc4c(cc32)-c2ccccc2C4(C)C)cc1. The predicted molar refractivity (Wildman–Crippen MR) is 269 cm³/mol. The fourth-order valence-corrected chi connectivity index (χ4v) is 12.1. The first kappa shape index (κ1) is 36.5. The molecule has 308 valence electrons. The van der Waals surface area contributed by atoms with Gasteiger partial charge in [0.15, 0.2) is 0 Å². The van der Waals surface area contributed by atoms with Gasteiger partial charge in [-0.25, -0.2) is 0 Å². The third-order valence-electron chi connectivity index (χ3n) is 15.3. The molecular formula is C59H47BN2O2. The lowest BCUT2D eigenvalue weighted by atomic mass is 9.43. The summed E-state index contributed by atoms with van der Waals surface area (Å²) in [5.74, 6) is 0. The number of benzene rings is 8. The summed E-state index contributed by atoms with van der Waals surface area (Å²) in [5.41, 5.74) is 22.4. The van der Waals surface area contributed by atoms with E-state index in [0.29, 0.717) is 0 Å². The van der Waals surface area contributed by atoms with E-state index in [1.807, 2.05) is 0 Å². The van der Waals surface area contributed by atoms with Gasteiger partial charge in [0.25, 0.3) is 0 Å². The largest absolute Gasteiger partial charge is 0.456 e. The first-order valence-corrected chi connectivity index (χ1v) is 22.9. The van der Waals surface area contributed by atoms with Crippen molar-refractivity contribution in [2.75, 3.05) is 4.81 Å². The highest BCUT2D eigenvalue weighted by molar-refractivity contribution is 6.94. The van der Waals surface area contributed by atoms with Gasteiger partial charge in [-0.1, -0.05) is 134 Å². The third kappa shape index (κ3) is 4.49. The van der Waals surface area contributed by atoms with Gasteiger partial charge in [-0.05, 0) is 121 Å². The Labute approximate surface area is 372 Å². The van der Waals surface area contributed by atoms with Crippen molar-refractivity contribution in [1.82, 2.24) is 4.57 Å². The zero-order chi connectivity index (χ0) is 43.3. The van der Waals surface area contributed by atoms with E-state index in [0.717, 1.165) is 44.2 Å². The molecule has 2 aliphatic heterocycles. The van der Waals surface area contributed by atoms with Crippen molar-refractivity contribution in [1.29, 1.82) is 0 Å². The van der Waals surface area contributed by atoms with Gasteiger partial charge in [-0.2, -0.15) is 0 Å². The summed E-state index contributed by atoms with van der Waals surface area (Å²) >= 11 is 0.